The van der Waals surface area contributed by atoms with Crippen LogP contribution in [-0.2, 0) is 0 Å². The summed E-state index contributed by atoms with van der Waals surface area (Å²) < 4.78 is 34.5. The number of hydrogen-bond acceptors (Lipinski definition) is 4. The van der Waals surface area contributed by atoms with Crippen LogP contribution in [0, 0.1) is 0 Å². The van der Waals surface area contributed by atoms with Gasteiger partial charge in [-0.2, -0.15) is 8.78 Å². The Balaban J connectivity index is 2.96. The molecule has 6 heteroatoms. The Labute approximate surface area is 123 Å². The lowest BCUT2D eigenvalue weighted by molar-refractivity contribution is -0.0514. The van der Waals surface area contributed by atoms with Gasteiger partial charge in [-0.05, 0) is 31.5 Å². The van der Waals surface area contributed by atoms with E-state index in [2.05, 4.69) is 16.6 Å². The van der Waals surface area contributed by atoms with E-state index >= 15 is 0 Å². The minimum Gasteiger partial charge on any atom is -0.490 e. The maximum absolute atomic E-state index is 12.4. The number of nitrogens with one attached hydrogen (secondary N) is 1. The molecule has 0 amide bonds. The number of ether oxygens (including phenoxy) is 2. The van der Waals surface area contributed by atoms with Crippen LogP contribution in [0.1, 0.15) is 25.5 Å². The second-order valence-corrected chi connectivity index (χ2v) is 4.64. The highest BCUT2D eigenvalue weighted by Gasteiger charge is 2.15. The Kier molecular flexibility index (Phi) is 7.11. The molecule has 21 heavy (non-hydrogen) atoms. The van der Waals surface area contributed by atoms with Gasteiger partial charge in [0.1, 0.15) is 0 Å². The summed E-state index contributed by atoms with van der Waals surface area (Å²) in [6.07, 6.45) is 0. The maximum Gasteiger partial charge on any atom is 0.387 e. The minimum atomic E-state index is -2.89. The summed E-state index contributed by atoms with van der Waals surface area (Å²) in [6.45, 7) is 5.97. The van der Waals surface area contributed by atoms with Gasteiger partial charge in [-0.3, -0.25) is 0 Å². The summed E-state index contributed by atoms with van der Waals surface area (Å²) >= 11 is 0. The minimum absolute atomic E-state index is 0.0197. The molecule has 1 aromatic rings. The van der Waals surface area contributed by atoms with Crippen molar-refractivity contribution in [2.75, 3.05) is 19.7 Å². The molecule has 0 aliphatic carbocycles. The Morgan fingerprint density at radius 2 is 2.10 bits per heavy atom. The van der Waals surface area contributed by atoms with E-state index in [1.54, 1.807) is 19.1 Å². The molecular weight excluding hydrogens is 278 g/mol. The van der Waals surface area contributed by atoms with Crippen LogP contribution in [0.15, 0.2) is 30.4 Å². The Hall–Kier alpha value is -1.66. The largest absolute Gasteiger partial charge is 0.490 e. The third-order valence-electron chi connectivity index (χ3n) is 2.77. The molecule has 0 aliphatic heterocycles. The van der Waals surface area contributed by atoms with Crippen molar-refractivity contribution >= 4 is 0 Å². The lowest BCUT2D eigenvalue weighted by atomic mass is 10.1. The molecule has 0 aromatic heterocycles. The first-order valence-corrected chi connectivity index (χ1v) is 6.77. The van der Waals surface area contributed by atoms with Crippen LogP contribution in [0.5, 0.6) is 11.5 Å². The second kappa shape index (κ2) is 8.59. The molecule has 0 heterocycles. The van der Waals surface area contributed by atoms with Crippen molar-refractivity contribution in [1.29, 1.82) is 0 Å². The zero-order valence-electron chi connectivity index (χ0n) is 12.4. The van der Waals surface area contributed by atoms with E-state index in [1.165, 1.54) is 6.07 Å². The van der Waals surface area contributed by atoms with Crippen molar-refractivity contribution in [2.24, 2.45) is 5.73 Å². The summed E-state index contributed by atoms with van der Waals surface area (Å²) in [4.78, 5) is 0. The molecule has 0 aliphatic rings. The molecule has 0 radical (unpaired) electrons. The van der Waals surface area contributed by atoms with Crippen LogP contribution in [0.2, 0.25) is 0 Å². The summed E-state index contributed by atoms with van der Waals surface area (Å²) in [5.41, 5.74) is 7.58. The van der Waals surface area contributed by atoms with Crippen LogP contribution in [0.3, 0.4) is 0 Å². The van der Waals surface area contributed by atoms with E-state index < -0.39 is 6.61 Å². The van der Waals surface area contributed by atoms with Crippen LogP contribution in [0.4, 0.5) is 8.78 Å². The molecule has 1 unspecified atom stereocenters. The number of rotatable bonds is 9. The Bertz CT molecular complexity index is 467. The highest BCUT2D eigenvalue weighted by Crippen LogP contribution is 2.31. The first-order chi connectivity index (χ1) is 9.97. The van der Waals surface area contributed by atoms with E-state index in [0.717, 1.165) is 11.1 Å². The van der Waals surface area contributed by atoms with Crippen LogP contribution in [-0.4, -0.2) is 26.3 Å². The normalized spacial score (nSPS) is 12.3. The van der Waals surface area contributed by atoms with Crippen molar-refractivity contribution in [3.63, 3.8) is 0 Å². The predicted molar refractivity (Wildman–Crippen MR) is 78.9 cm³/mol. The lowest BCUT2D eigenvalue weighted by Gasteiger charge is -2.19. The molecule has 3 N–H and O–H groups in total. The van der Waals surface area contributed by atoms with Crippen LogP contribution < -0.4 is 20.5 Å². The zero-order valence-corrected chi connectivity index (χ0v) is 12.4. The fourth-order valence-electron chi connectivity index (χ4n) is 1.84. The fraction of sp³-hybridized carbons (Fsp3) is 0.467. The molecule has 0 spiro atoms. The third-order valence-corrected chi connectivity index (χ3v) is 2.77. The monoisotopic (exact) mass is 300 g/mol. The smallest absolute Gasteiger partial charge is 0.387 e. The number of hydrogen-bond donors (Lipinski definition) is 2. The number of halogens is 2. The molecule has 0 saturated heterocycles. The summed E-state index contributed by atoms with van der Waals surface area (Å²) in [7, 11) is 0. The number of nitrogens with two attached hydrogens (primary N) is 1. The first kappa shape index (κ1) is 17.4. The van der Waals surface area contributed by atoms with E-state index in [1.807, 2.05) is 6.92 Å². The van der Waals surface area contributed by atoms with Crippen LogP contribution >= 0.6 is 0 Å². The average molecular weight is 300 g/mol. The molecule has 1 atom stereocenters. The quantitative estimate of drug-likeness (QED) is 0.689. The zero-order chi connectivity index (χ0) is 15.8. The Morgan fingerprint density at radius 3 is 2.62 bits per heavy atom. The van der Waals surface area contributed by atoms with Gasteiger partial charge in [0.25, 0.3) is 0 Å². The van der Waals surface area contributed by atoms with Gasteiger partial charge in [-0.1, -0.05) is 18.2 Å². The van der Waals surface area contributed by atoms with Gasteiger partial charge in [-0.25, -0.2) is 0 Å². The van der Waals surface area contributed by atoms with E-state index in [4.69, 9.17) is 10.5 Å². The lowest BCUT2D eigenvalue weighted by Crippen LogP contribution is -2.29. The molecule has 0 bridgehead atoms. The van der Waals surface area contributed by atoms with Gasteiger partial charge in [0.15, 0.2) is 11.5 Å². The van der Waals surface area contributed by atoms with Gasteiger partial charge < -0.3 is 20.5 Å². The van der Waals surface area contributed by atoms with Crippen molar-refractivity contribution < 1.29 is 18.3 Å². The number of alkyl halides is 2. The van der Waals surface area contributed by atoms with Gasteiger partial charge in [0.05, 0.1) is 6.61 Å². The highest BCUT2D eigenvalue weighted by molar-refractivity contribution is 5.44. The van der Waals surface area contributed by atoms with Crippen LogP contribution in [0.25, 0.3) is 0 Å². The molecule has 4 nitrogen and oxygen atoms in total. The second-order valence-electron chi connectivity index (χ2n) is 4.64. The number of benzene rings is 1. The van der Waals surface area contributed by atoms with Gasteiger partial charge in [0, 0.05) is 19.1 Å². The summed E-state index contributed by atoms with van der Waals surface area (Å²) in [5, 5.41) is 3.25. The maximum atomic E-state index is 12.4. The predicted octanol–water partition coefficient (Wildman–Crippen LogP) is 2.85. The van der Waals surface area contributed by atoms with E-state index in [-0.39, 0.29) is 17.5 Å². The highest BCUT2D eigenvalue weighted by atomic mass is 19.3. The molecule has 1 aromatic carbocycles. The van der Waals surface area contributed by atoms with E-state index in [9.17, 15) is 8.78 Å². The van der Waals surface area contributed by atoms with Crippen molar-refractivity contribution in [2.45, 2.75) is 26.5 Å². The van der Waals surface area contributed by atoms with Crippen molar-refractivity contribution in [3.8, 4) is 11.5 Å². The van der Waals surface area contributed by atoms with Gasteiger partial charge in [-0.15, -0.1) is 0 Å². The standard InChI is InChI=1S/C15H22F2N2O2/c1-4-20-14-7-11(5-6-13(14)21-15(16)17)12(8-18)19-9-10(2)3/h5-7,12,15,19H,2,4,8-9,18H2,1,3H3. The molecule has 0 fully saturated rings. The topological polar surface area (TPSA) is 56.5 Å². The van der Waals surface area contributed by atoms with E-state index in [0.29, 0.717) is 19.7 Å². The van der Waals surface area contributed by atoms with Gasteiger partial charge >= 0.3 is 6.61 Å². The molecule has 118 valence electrons. The Morgan fingerprint density at radius 1 is 1.38 bits per heavy atom. The fourth-order valence-corrected chi connectivity index (χ4v) is 1.84. The third kappa shape index (κ3) is 5.69. The first-order valence-electron chi connectivity index (χ1n) is 6.77. The summed E-state index contributed by atoms with van der Waals surface area (Å²) in [5.74, 6) is 0.303. The molecule has 1 rings (SSSR count). The summed E-state index contributed by atoms with van der Waals surface area (Å²) in [6, 6.07) is 4.73. The average Bonchev–Trinajstić information content (AvgIpc) is 2.41. The van der Waals surface area contributed by atoms with Gasteiger partial charge in [0.2, 0.25) is 0 Å². The van der Waals surface area contributed by atoms with Crippen molar-refractivity contribution in [1.82, 2.24) is 5.32 Å². The SMILES string of the molecule is C=C(C)CNC(CN)c1ccc(OC(F)F)c(OCC)c1. The molecular formula is C15H22F2N2O2. The molecule has 0 saturated carbocycles. The van der Waals surface area contributed by atoms with Crippen molar-refractivity contribution in [3.05, 3.63) is 35.9 Å².